The van der Waals surface area contributed by atoms with Crippen LogP contribution < -0.4 is 40.2 Å². The smallest absolute Gasteiger partial charge is 0.146 e. The number of halogens is 4. The number of benzene rings is 2. The summed E-state index contributed by atoms with van der Waals surface area (Å²) in [5.74, 6) is 4.19. The molecule has 0 amide bonds. The van der Waals surface area contributed by atoms with Gasteiger partial charge in [0.05, 0.1) is 28.4 Å². The molecule has 4 N–H and O–H groups in total. The summed E-state index contributed by atoms with van der Waals surface area (Å²) >= 11 is 0. The molecule has 0 spiro atoms. The molecule has 0 radical (unpaired) electrons. The molecule has 1 saturated heterocycles. The van der Waals surface area contributed by atoms with E-state index in [1.165, 1.54) is 0 Å². The van der Waals surface area contributed by atoms with Gasteiger partial charge in [-0.05, 0) is 66.1 Å². The molecular weight excluding hydrogens is 662 g/mol. The molecular formula is C31H40Cl4N6O4. The zero-order valence-electron chi connectivity index (χ0n) is 25.5. The van der Waals surface area contributed by atoms with Crippen LogP contribution in [0.3, 0.4) is 0 Å². The topological polar surface area (TPSA) is 121 Å². The van der Waals surface area contributed by atoms with Crippen LogP contribution in [0.5, 0.6) is 23.0 Å². The van der Waals surface area contributed by atoms with Crippen LogP contribution in [0.4, 0.5) is 23.0 Å². The van der Waals surface area contributed by atoms with Crippen molar-refractivity contribution in [2.75, 3.05) is 75.9 Å². The Hall–Kier alpha value is -3.70. The molecule has 14 heteroatoms. The molecule has 0 saturated carbocycles. The van der Waals surface area contributed by atoms with Gasteiger partial charge in [0.25, 0.3) is 0 Å². The van der Waals surface area contributed by atoms with Crippen LogP contribution in [0.2, 0.25) is 0 Å². The van der Waals surface area contributed by atoms with Crippen molar-refractivity contribution < 1.29 is 18.9 Å². The van der Waals surface area contributed by atoms with E-state index >= 15 is 0 Å². The number of nitrogens with zero attached hydrogens (tertiary/aromatic N) is 4. The van der Waals surface area contributed by atoms with Gasteiger partial charge < -0.3 is 40.2 Å². The van der Waals surface area contributed by atoms with Gasteiger partial charge in [0.2, 0.25) is 0 Å². The summed E-state index contributed by atoms with van der Waals surface area (Å²) in [6.07, 6.45) is 4.75. The van der Waals surface area contributed by atoms with Crippen LogP contribution in [-0.4, -0.2) is 64.6 Å². The van der Waals surface area contributed by atoms with Crippen molar-refractivity contribution in [1.29, 1.82) is 0 Å². The maximum absolute atomic E-state index is 6.11. The molecule has 4 aromatic rings. The summed E-state index contributed by atoms with van der Waals surface area (Å²) in [4.78, 5) is 14.2. The maximum atomic E-state index is 6.11. The minimum absolute atomic E-state index is 0. The third-order valence-corrected chi connectivity index (χ3v) is 7.39. The highest BCUT2D eigenvalue weighted by molar-refractivity contribution is 5.86. The van der Waals surface area contributed by atoms with E-state index in [4.69, 9.17) is 40.4 Å². The van der Waals surface area contributed by atoms with Crippen LogP contribution in [-0.2, 0) is 0 Å². The normalized spacial score (nSPS) is 12.3. The SMILES string of the molecule is COc1cc(-c2ccc(N3CCCN(c4ccc(-c5cc(OC)c(N)c(OC)c5)cn4)CC3)nc2)cc(OC)c1N.Cl.Cl.Cl.Cl. The monoisotopic (exact) mass is 700 g/mol. The standard InChI is InChI=1S/C31H36N6O4.4ClH/c1-38-24-14-22(15-25(39-2)30(24)32)20-6-8-28(34-18-20)36-10-5-11-37(13-12-36)29-9-7-21(19-35-29)23-16-26(40-3)31(33)27(17-23)41-4;;;;/h6-9,14-19H,5,10-13,32-33H2,1-4H3;4*1H. The predicted molar refractivity (Wildman–Crippen MR) is 192 cm³/mol. The Morgan fingerprint density at radius 2 is 0.844 bits per heavy atom. The molecule has 246 valence electrons. The van der Waals surface area contributed by atoms with Gasteiger partial charge in [-0.15, -0.1) is 49.6 Å². The largest absolute Gasteiger partial charge is 0.494 e. The lowest BCUT2D eigenvalue weighted by atomic mass is 10.1. The van der Waals surface area contributed by atoms with Gasteiger partial charge in [-0.2, -0.15) is 0 Å². The molecule has 1 aliphatic heterocycles. The van der Waals surface area contributed by atoms with Gasteiger partial charge in [0, 0.05) is 49.7 Å². The first kappa shape index (κ1) is 39.3. The number of nitrogens with two attached hydrogens (primary N) is 2. The first-order valence-electron chi connectivity index (χ1n) is 13.4. The number of anilines is 4. The predicted octanol–water partition coefficient (Wildman–Crippen LogP) is 6.41. The lowest BCUT2D eigenvalue weighted by Gasteiger charge is -2.24. The van der Waals surface area contributed by atoms with E-state index in [0.29, 0.717) is 34.4 Å². The molecule has 5 rings (SSSR count). The molecule has 0 bridgehead atoms. The number of pyridine rings is 2. The van der Waals surface area contributed by atoms with Crippen molar-refractivity contribution in [3.05, 3.63) is 60.9 Å². The molecule has 1 fully saturated rings. The van der Waals surface area contributed by atoms with Crippen LogP contribution in [0, 0.1) is 0 Å². The zero-order chi connectivity index (χ0) is 28.9. The van der Waals surface area contributed by atoms with Gasteiger partial charge in [0.15, 0.2) is 0 Å². The number of hydrogen-bond acceptors (Lipinski definition) is 10. The number of methoxy groups -OCH3 is 4. The molecule has 0 unspecified atom stereocenters. The van der Waals surface area contributed by atoms with E-state index in [1.54, 1.807) is 28.4 Å². The van der Waals surface area contributed by atoms with Crippen LogP contribution in [0.15, 0.2) is 60.9 Å². The Balaban J connectivity index is 0.00000253. The fourth-order valence-electron chi connectivity index (χ4n) is 5.07. The molecule has 3 heterocycles. The second kappa shape index (κ2) is 17.7. The van der Waals surface area contributed by atoms with Crippen molar-refractivity contribution in [2.45, 2.75) is 6.42 Å². The molecule has 45 heavy (non-hydrogen) atoms. The molecule has 2 aromatic carbocycles. The first-order chi connectivity index (χ1) is 19.9. The Kier molecular flexibility index (Phi) is 15.5. The van der Waals surface area contributed by atoms with Crippen molar-refractivity contribution in [3.63, 3.8) is 0 Å². The van der Waals surface area contributed by atoms with Crippen LogP contribution in [0.25, 0.3) is 22.3 Å². The van der Waals surface area contributed by atoms with E-state index in [0.717, 1.165) is 66.5 Å². The summed E-state index contributed by atoms with van der Waals surface area (Å²) < 4.78 is 21.7. The Morgan fingerprint density at radius 3 is 1.11 bits per heavy atom. The Labute approximate surface area is 289 Å². The van der Waals surface area contributed by atoms with Crippen molar-refractivity contribution in [3.8, 4) is 45.3 Å². The van der Waals surface area contributed by atoms with Crippen molar-refractivity contribution in [1.82, 2.24) is 9.97 Å². The van der Waals surface area contributed by atoms with Crippen molar-refractivity contribution >= 4 is 72.6 Å². The van der Waals surface area contributed by atoms with E-state index in [1.807, 2.05) is 36.7 Å². The number of aromatic nitrogens is 2. The summed E-state index contributed by atoms with van der Waals surface area (Å²) in [7, 11) is 6.38. The van der Waals surface area contributed by atoms with E-state index in [9.17, 15) is 0 Å². The van der Waals surface area contributed by atoms with Crippen LogP contribution in [0.1, 0.15) is 6.42 Å². The number of rotatable bonds is 8. The van der Waals surface area contributed by atoms with Gasteiger partial charge in [-0.1, -0.05) is 0 Å². The highest BCUT2D eigenvalue weighted by Gasteiger charge is 2.18. The van der Waals surface area contributed by atoms with E-state index in [-0.39, 0.29) is 49.6 Å². The first-order valence-corrected chi connectivity index (χ1v) is 13.4. The maximum Gasteiger partial charge on any atom is 0.146 e. The van der Waals surface area contributed by atoms with Crippen LogP contribution >= 0.6 is 49.6 Å². The average molecular weight is 703 g/mol. The minimum Gasteiger partial charge on any atom is -0.494 e. The van der Waals surface area contributed by atoms with Gasteiger partial charge in [-0.25, -0.2) is 9.97 Å². The number of nitrogen functional groups attached to an aromatic ring is 2. The molecule has 1 aliphatic rings. The number of hydrogen-bond donors (Lipinski definition) is 2. The summed E-state index contributed by atoms with van der Waals surface area (Å²) in [5.41, 5.74) is 17.0. The van der Waals surface area contributed by atoms with Gasteiger partial charge >= 0.3 is 0 Å². The fourth-order valence-corrected chi connectivity index (χ4v) is 5.07. The zero-order valence-corrected chi connectivity index (χ0v) is 28.8. The van der Waals surface area contributed by atoms with Crippen molar-refractivity contribution in [2.24, 2.45) is 0 Å². The van der Waals surface area contributed by atoms with E-state index < -0.39 is 0 Å². The van der Waals surface area contributed by atoms with Gasteiger partial charge in [-0.3, -0.25) is 0 Å². The average Bonchev–Trinajstić information content (AvgIpc) is 3.28. The lowest BCUT2D eigenvalue weighted by Crippen LogP contribution is -2.31. The highest BCUT2D eigenvalue weighted by atomic mass is 35.5. The summed E-state index contributed by atoms with van der Waals surface area (Å²) in [6.45, 7) is 3.50. The third kappa shape index (κ3) is 8.52. The number of ether oxygens (including phenoxy) is 4. The fraction of sp³-hybridized carbons (Fsp3) is 0.290. The minimum atomic E-state index is 0. The molecule has 0 aliphatic carbocycles. The lowest BCUT2D eigenvalue weighted by molar-refractivity contribution is 0.398. The Morgan fingerprint density at radius 1 is 0.511 bits per heavy atom. The second-order valence-electron chi connectivity index (χ2n) is 9.73. The molecule has 2 aromatic heterocycles. The summed E-state index contributed by atoms with van der Waals surface area (Å²) in [5, 5.41) is 0. The summed E-state index contributed by atoms with van der Waals surface area (Å²) in [6, 6.07) is 15.8. The van der Waals surface area contributed by atoms with E-state index in [2.05, 4.69) is 34.1 Å². The molecule has 10 nitrogen and oxygen atoms in total. The Bertz CT molecular complexity index is 1350. The second-order valence-corrected chi connectivity index (χ2v) is 9.73. The van der Waals surface area contributed by atoms with Gasteiger partial charge in [0.1, 0.15) is 46.0 Å². The quantitative estimate of drug-likeness (QED) is 0.199. The third-order valence-electron chi connectivity index (χ3n) is 7.39. The molecule has 0 atom stereocenters. The highest BCUT2D eigenvalue weighted by Crippen LogP contribution is 2.38.